The molecule has 0 radical (unpaired) electrons. The maximum absolute atomic E-state index is 11.3. The van der Waals surface area contributed by atoms with Crippen LogP contribution in [0.15, 0.2) is 35.2 Å². The normalized spacial score (nSPS) is 10.4. The molecular formula is C12H12ClN3OS2. The summed E-state index contributed by atoms with van der Waals surface area (Å²) >= 11 is 8.92. The lowest BCUT2D eigenvalue weighted by atomic mass is 10.3. The van der Waals surface area contributed by atoms with Gasteiger partial charge in [-0.25, -0.2) is 5.84 Å². The minimum absolute atomic E-state index is 0.275. The van der Waals surface area contributed by atoms with Gasteiger partial charge in [0, 0.05) is 26.2 Å². The SMILES string of the molecule is NNC(=O)c1ccc(CSc2cc(Cl)ccc2N)s1. The number of benzene rings is 1. The number of hydrogen-bond acceptors (Lipinski definition) is 5. The van der Waals surface area contributed by atoms with E-state index in [0.29, 0.717) is 15.6 Å². The molecule has 2 aromatic rings. The van der Waals surface area contributed by atoms with E-state index in [1.165, 1.54) is 11.3 Å². The molecule has 0 atom stereocenters. The molecular weight excluding hydrogens is 302 g/mol. The van der Waals surface area contributed by atoms with E-state index in [1.54, 1.807) is 30.0 Å². The zero-order valence-corrected chi connectivity index (χ0v) is 12.2. The summed E-state index contributed by atoms with van der Waals surface area (Å²) in [5.74, 6) is 5.54. The maximum atomic E-state index is 11.3. The highest BCUT2D eigenvalue weighted by Gasteiger charge is 2.08. The van der Waals surface area contributed by atoms with Gasteiger partial charge in [-0.1, -0.05) is 11.6 Å². The minimum Gasteiger partial charge on any atom is -0.398 e. The fraction of sp³-hybridized carbons (Fsp3) is 0.0833. The fourth-order valence-electron chi connectivity index (χ4n) is 1.43. The molecule has 0 aliphatic carbocycles. The zero-order valence-electron chi connectivity index (χ0n) is 9.85. The molecule has 19 heavy (non-hydrogen) atoms. The number of thiophene rings is 1. The van der Waals surface area contributed by atoms with Crippen molar-refractivity contribution in [2.24, 2.45) is 5.84 Å². The number of anilines is 1. The number of thioether (sulfide) groups is 1. The average molecular weight is 314 g/mol. The van der Waals surface area contributed by atoms with Gasteiger partial charge < -0.3 is 5.73 Å². The number of rotatable bonds is 4. The van der Waals surface area contributed by atoms with Gasteiger partial charge in [0.1, 0.15) is 0 Å². The van der Waals surface area contributed by atoms with E-state index in [0.717, 1.165) is 15.5 Å². The maximum Gasteiger partial charge on any atom is 0.275 e. The van der Waals surface area contributed by atoms with Crippen LogP contribution in [0.4, 0.5) is 5.69 Å². The van der Waals surface area contributed by atoms with Crippen LogP contribution in [0, 0.1) is 0 Å². The van der Waals surface area contributed by atoms with Crippen molar-refractivity contribution in [1.29, 1.82) is 0 Å². The Morgan fingerprint density at radius 1 is 1.37 bits per heavy atom. The van der Waals surface area contributed by atoms with E-state index in [-0.39, 0.29) is 5.91 Å². The van der Waals surface area contributed by atoms with Gasteiger partial charge in [0.05, 0.1) is 4.88 Å². The Morgan fingerprint density at radius 3 is 2.89 bits per heavy atom. The molecule has 0 unspecified atom stereocenters. The van der Waals surface area contributed by atoms with Crippen LogP contribution in [0.1, 0.15) is 14.5 Å². The molecule has 5 N–H and O–H groups in total. The number of carbonyl (C=O) groups excluding carboxylic acids is 1. The number of amides is 1. The third kappa shape index (κ3) is 3.63. The predicted molar refractivity (Wildman–Crippen MR) is 81.4 cm³/mol. The summed E-state index contributed by atoms with van der Waals surface area (Å²) in [4.78, 5) is 13.9. The van der Waals surface area contributed by atoms with E-state index in [9.17, 15) is 4.79 Å². The van der Waals surface area contributed by atoms with Crippen molar-refractivity contribution in [2.45, 2.75) is 10.6 Å². The van der Waals surface area contributed by atoms with Crippen molar-refractivity contribution in [1.82, 2.24) is 5.43 Å². The largest absolute Gasteiger partial charge is 0.398 e. The smallest absolute Gasteiger partial charge is 0.275 e. The Kier molecular flexibility index (Phi) is 4.71. The third-order valence-corrected chi connectivity index (χ3v) is 4.98. The van der Waals surface area contributed by atoms with Crippen molar-refractivity contribution in [3.63, 3.8) is 0 Å². The second kappa shape index (κ2) is 6.29. The molecule has 1 aromatic carbocycles. The Balaban J connectivity index is 2.04. The zero-order chi connectivity index (χ0) is 13.8. The highest BCUT2D eigenvalue weighted by Crippen LogP contribution is 2.32. The highest BCUT2D eigenvalue weighted by atomic mass is 35.5. The quantitative estimate of drug-likeness (QED) is 0.266. The first kappa shape index (κ1) is 14.2. The topological polar surface area (TPSA) is 81.1 Å². The first-order valence-electron chi connectivity index (χ1n) is 5.37. The summed E-state index contributed by atoms with van der Waals surface area (Å²) in [6, 6.07) is 9.04. The van der Waals surface area contributed by atoms with E-state index in [2.05, 4.69) is 5.43 Å². The molecule has 100 valence electrons. The van der Waals surface area contributed by atoms with Crippen LogP contribution in [-0.2, 0) is 5.75 Å². The second-order valence-corrected chi connectivity index (χ2v) is 6.33. The van der Waals surface area contributed by atoms with Gasteiger partial charge in [0.15, 0.2) is 0 Å². The van der Waals surface area contributed by atoms with Crippen LogP contribution in [-0.4, -0.2) is 5.91 Å². The summed E-state index contributed by atoms with van der Waals surface area (Å²) in [7, 11) is 0. The second-order valence-electron chi connectivity index (χ2n) is 3.71. The number of hydrogen-bond donors (Lipinski definition) is 3. The fourth-order valence-corrected chi connectivity index (χ4v) is 3.63. The number of carbonyl (C=O) groups is 1. The minimum atomic E-state index is -0.275. The average Bonchev–Trinajstić information content (AvgIpc) is 2.88. The predicted octanol–water partition coefficient (Wildman–Crippen LogP) is 2.88. The molecule has 0 spiro atoms. The van der Waals surface area contributed by atoms with Gasteiger partial charge in [-0.2, -0.15) is 0 Å². The van der Waals surface area contributed by atoms with Gasteiger partial charge in [-0.3, -0.25) is 10.2 Å². The summed E-state index contributed by atoms with van der Waals surface area (Å²) in [5.41, 5.74) is 8.68. The number of halogens is 1. The summed E-state index contributed by atoms with van der Waals surface area (Å²) in [6.07, 6.45) is 0. The molecule has 0 aliphatic heterocycles. The Hall–Kier alpha value is -1.21. The molecule has 4 nitrogen and oxygen atoms in total. The number of hydrazine groups is 1. The van der Waals surface area contributed by atoms with Crippen LogP contribution < -0.4 is 17.0 Å². The van der Waals surface area contributed by atoms with Crippen LogP contribution in [0.5, 0.6) is 0 Å². The summed E-state index contributed by atoms with van der Waals surface area (Å²) < 4.78 is 0. The Labute approximate surface area is 124 Å². The van der Waals surface area contributed by atoms with Crippen LogP contribution >= 0.6 is 34.7 Å². The molecule has 0 aliphatic rings. The van der Waals surface area contributed by atoms with Crippen molar-refractivity contribution in [3.05, 3.63) is 45.1 Å². The molecule has 0 saturated heterocycles. The standard InChI is InChI=1S/C12H12ClN3OS2/c13-7-1-3-9(14)11(5-7)18-6-8-2-4-10(19-8)12(17)16-15/h1-5H,6,14-15H2,(H,16,17). The monoisotopic (exact) mass is 313 g/mol. The Morgan fingerprint density at radius 2 is 2.16 bits per heavy atom. The molecule has 7 heteroatoms. The van der Waals surface area contributed by atoms with Crippen molar-refractivity contribution in [2.75, 3.05) is 5.73 Å². The van der Waals surface area contributed by atoms with Crippen molar-refractivity contribution in [3.8, 4) is 0 Å². The van der Waals surface area contributed by atoms with Crippen molar-refractivity contribution >= 4 is 46.3 Å². The van der Waals surface area contributed by atoms with Gasteiger partial charge in [0.2, 0.25) is 0 Å². The van der Waals surface area contributed by atoms with E-state index >= 15 is 0 Å². The lowest BCUT2D eigenvalue weighted by molar-refractivity contribution is 0.0957. The Bertz CT molecular complexity index is 600. The van der Waals surface area contributed by atoms with Crippen LogP contribution in [0.2, 0.25) is 5.02 Å². The number of nitrogen functional groups attached to an aromatic ring is 2. The lowest BCUT2D eigenvalue weighted by Crippen LogP contribution is -2.29. The van der Waals surface area contributed by atoms with Gasteiger partial charge in [-0.15, -0.1) is 23.1 Å². The summed E-state index contributed by atoms with van der Waals surface area (Å²) in [6.45, 7) is 0. The van der Waals surface area contributed by atoms with E-state index in [4.69, 9.17) is 23.2 Å². The molecule has 1 amide bonds. The van der Waals surface area contributed by atoms with Crippen molar-refractivity contribution < 1.29 is 4.79 Å². The lowest BCUT2D eigenvalue weighted by Gasteiger charge is -2.04. The summed E-state index contributed by atoms with van der Waals surface area (Å²) in [5, 5.41) is 0.658. The molecule has 1 heterocycles. The first-order chi connectivity index (χ1) is 9.10. The highest BCUT2D eigenvalue weighted by molar-refractivity contribution is 7.98. The molecule has 2 rings (SSSR count). The van der Waals surface area contributed by atoms with Crippen LogP contribution in [0.25, 0.3) is 0 Å². The van der Waals surface area contributed by atoms with E-state index in [1.807, 2.05) is 12.1 Å². The van der Waals surface area contributed by atoms with Gasteiger partial charge in [-0.05, 0) is 30.3 Å². The number of nitrogens with one attached hydrogen (secondary N) is 1. The molecule has 0 saturated carbocycles. The van der Waals surface area contributed by atoms with Gasteiger partial charge in [0.25, 0.3) is 5.91 Å². The van der Waals surface area contributed by atoms with E-state index < -0.39 is 0 Å². The molecule has 0 bridgehead atoms. The van der Waals surface area contributed by atoms with Gasteiger partial charge >= 0.3 is 0 Å². The van der Waals surface area contributed by atoms with Crippen LogP contribution in [0.3, 0.4) is 0 Å². The molecule has 0 fully saturated rings. The molecule has 1 aromatic heterocycles. The third-order valence-electron chi connectivity index (χ3n) is 2.36. The first-order valence-corrected chi connectivity index (χ1v) is 7.55. The number of nitrogens with two attached hydrogens (primary N) is 2.